The molecule has 1 aliphatic rings. The molecule has 0 bridgehead atoms. The monoisotopic (exact) mass is 504 g/mol. The van der Waals surface area contributed by atoms with E-state index in [2.05, 4.69) is 5.32 Å². The van der Waals surface area contributed by atoms with Gasteiger partial charge in [-0.25, -0.2) is 12.8 Å². The highest BCUT2D eigenvalue weighted by atomic mass is 35.5. The molecule has 180 valence electrons. The third kappa shape index (κ3) is 5.41. The van der Waals surface area contributed by atoms with Gasteiger partial charge in [0.25, 0.3) is 5.91 Å². The SMILES string of the molecule is CN(C)c1ccc(S(=O)(=O)N2CCC(F)(C(=O)NC/C=C/C#N)CC2)c(-c2ccccc2Cl)c1. The molecule has 1 fully saturated rings. The molecule has 0 saturated carbocycles. The standard InChI is InChI=1S/C24H26ClFN4O3S/c1-29(2)18-9-10-22(20(17-18)19-7-3-4-8-21(19)25)34(32,33)30-15-11-24(26,12-16-30)23(31)28-14-6-5-13-27/h3-10,17H,11-12,14-16H2,1-2H3,(H,28,31)/b6-5+. The number of carbonyl (C=O) groups excluding carboxylic acids is 1. The van der Waals surface area contributed by atoms with Crippen molar-refractivity contribution in [3.05, 3.63) is 59.6 Å². The van der Waals surface area contributed by atoms with Crippen LogP contribution in [-0.2, 0) is 14.8 Å². The summed E-state index contributed by atoms with van der Waals surface area (Å²) in [5, 5.41) is 11.3. The number of hydrogen-bond acceptors (Lipinski definition) is 5. The van der Waals surface area contributed by atoms with Crippen molar-refractivity contribution in [3.8, 4) is 17.2 Å². The largest absolute Gasteiger partial charge is 0.378 e. The first-order valence-electron chi connectivity index (χ1n) is 10.7. The minimum Gasteiger partial charge on any atom is -0.378 e. The molecule has 10 heteroatoms. The van der Waals surface area contributed by atoms with Gasteiger partial charge in [0.2, 0.25) is 10.0 Å². The van der Waals surface area contributed by atoms with Crippen molar-refractivity contribution in [1.29, 1.82) is 5.26 Å². The van der Waals surface area contributed by atoms with Gasteiger partial charge in [-0.2, -0.15) is 9.57 Å². The Bertz CT molecular complexity index is 1230. The van der Waals surface area contributed by atoms with Crippen molar-refractivity contribution in [3.63, 3.8) is 0 Å². The third-order valence-electron chi connectivity index (χ3n) is 5.76. The molecular formula is C24H26ClFN4O3S. The summed E-state index contributed by atoms with van der Waals surface area (Å²) < 4.78 is 43.6. The molecule has 34 heavy (non-hydrogen) atoms. The van der Waals surface area contributed by atoms with Gasteiger partial charge in [0.1, 0.15) is 0 Å². The van der Waals surface area contributed by atoms with Crippen LogP contribution in [0.25, 0.3) is 11.1 Å². The predicted molar refractivity (Wildman–Crippen MR) is 131 cm³/mol. The summed E-state index contributed by atoms with van der Waals surface area (Å²) in [6.45, 7) is -0.255. The van der Waals surface area contributed by atoms with Crippen molar-refractivity contribution in [2.75, 3.05) is 38.6 Å². The van der Waals surface area contributed by atoms with Gasteiger partial charge in [-0.3, -0.25) is 4.79 Å². The molecule has 3 rings (SSSR count). The Morgan fingerprint density at radius 1 is 1.24 bits per heavy atom. The van der Waals surface area contributed by atoms with Gasteiger partial charge in [-0.15, -0.1) is 0 Å². The Kier molecular flexibility index (Phi) is 7.97. The molecule has 7 nitrogen and oxygen atoms in total. The topological polar surface area (TPSA) is 93.5 Å². The molecule has 0 radical (unpaired) electrons. The molecule has 0 spiro atoms. The number of amides is 1. The second kappa shape index (κ2) is 10.6. The van der Waals surface area contributed by atoms with Gasteiger partial charge in [0.15, 0.2) is 5.67 Å². The fraction of sp³-hybridized carbons (Fsp3) is 0.333. The second-order valence-corrected chi connectivity index (χ2v) is 10.5. The number of sulfonamides is 1. The summed E-state index contributed by atoms with van der Waals surface area (Å²) in [5.41, 5.74) is -0.339. The molecular weight excluding hydrogens is 479 g/mol. The van der Waals surface area contributed by atoms with E-state index in [1.54, 1.807) is 42.5 Å². The summed E-state index contributed by atoms with van der Waals surface area (Å²) in [4.78, 5) is 14.2. The van der Waals surface area contributed by atoms with Crippen LogP contribution in [0, 0.1) is 11.3 Å². The van der Waals surface area contributed by atoms with Crippen LogP contribution < -0.4 is 10.2 Å². The molecule has 1 aliphatic heterocycles. The zero-order valence-corrected chi connectivity index (χ0v) is 20.5. The van der Waals surface area contributed by atoms with Gasteiger partial charge >= 0.3 is 0 Å². The third-order valence-corrected chi connectivity index (χ3v) is 8.04. The van der Waals surface area contributed by atoms with E-state index in [0.29, 0.717) is 16.1 Å². The van der Waals surface area contributed by atoms with Crippen molar-refractivity contribution in [2.24, 2.45) is 0 Å². The maximum Gasteiger partial charge on any atom is 0.258 e. The molecule has 1 heterocycles. The number of rotatable bonds is 7. The number of benzene rings is 2. The zero-order valence-electron chi connectivity index (χ0n) is 19.0. The van der Waals surface area contributed by atoms with Crippen molar-refractivity contribution in [1.82, 2.24) is 9.62 Å². The molecule has 0 atom stereocenters. The van der Waals surface area contributed by atoms with Gasteiger partial charge in [0, 0.05) is 74.5 Å². The van der Waals surface area contributed by atoms with Crippen LogP contribution in [0.5, 0.6) is 0 Å². The van der Waals surface area contributed by atoms with Crippen LogP contribution in [0.3, 0.4) is 0 Å². The Balaban J connectivity index is 1.87. The maximum atomic E-state index is 15.2. The Morgan fingerprint density at radius 2 is 1.91 bits per heavy atom. The highest BCUT2D eigenvalue weighted by molar-refractivity contribution is 7.89. The minimum atomic E-state index is -3.99. The second-order valence-electron chi connectivity index (χ2n) is 8.17. The number of carbonyl (C=O) groups is 1. The van der Waals surface area contributed by atoms with Crippen LogP contribution in [0.1, 0.15) is 12.8 Å². The molecule has 1 saturated heterocycles. The van der Waals surface area contributed by atoms with Gasteiger partial charge < -0.3 is 10.2 Å². The van der Waals surface area contributed by atoms with E-state index >= 15 is 4.39 Å². The number of alkyl halides is 1. The molecule has 2 aromatic rings. The molecule has 1 N–H and O–H groups in total. The lowest BCUT2D eigenvalue weighted by Crippen LogP contribution is -2.52. The van der Waals surface area contributed by atoms with Crippen LogP contribution in [0.15, 0.2) is 59.5 Å². The number of nitriles is 1. The number of anilines is 1. The molecule has 1 amide bonds. The van der Waals surface area contributed by atoms with Crippen LogP contribution >= 0.6 is 11.6 Å². The molecule has 2 aromatic carbocycles. The molecule has 0 unspecified atom stereocenters. The summed E-state index contributed by atoms with van der Waals surface area (Å²) >= 11 is 6.39. The summed E-state index contributed by atoms with van der Waals surface area (Å²) in [6.07, 6.45) is 2.07. The minimum absolute atomic E-state index is 0.0273. The van der Waals surface area contributed by atoms with Crippen molar-refractivity contribution < 1.29 is 17.6 Å². The smallest absolute Gasteiger partial charge is 0.258 e. The predicted octanol–water partition coefficient (Wildman–Crippen LogP) is 3.76. The van der Waals surface area contributed by atoms with E-state index in [0.717, 1.165) is 5.69 Å². The molecule has 0 aliphatic carbocycles. The first kappa shape index (κ1) is 25.7. The number of piperidine rings is 1. The van der Waals surface area contributed by atoms with E-state index < -0.39 is 21.6 Å². The Hall–Kier alpha value is -2.93. The Morgan fingerprint density at radius 3 is 2.53 bits per heavy atom. The highest BCUT2D eigenvalue weighted by Gasteiger charge is 2.44. The lowest BCUT2D eigenvalue weighted by molar-refractivity contribution is -0.135. The number of nitrogens with zero attached hydrogens (tertiary/aromatic N) is 3. The van der Waals surface area contributed by atoms with E-state index in [1.165, 1.54) is 22.5 Å². The maximum absolute atomic E-state index is 15.2. The number of allylic oxidation sites excluding steroid dienone is 1. The quantitative estimate of drug-likeness (QED) is 0.579. The first-order valence-corrected chi connectivity index (χ1v) is 12.5. The van der Waals surface area contributed by atoms with E-state index in [1.807, 2.05) is 19.0 Å². The summed E-state index contributed by atoms with van der Waals surface area (Å²) in [5.74, 6) is -0.806. The average molecular weight is 505 g/mol. The average Bonchev–Trinajstić information content (AvgIpc) is 2.82. The van der Waals surface area contributed by atoms with Crippen LogP contribution in [0.4, 0.5) is 10.1 Å². The van der Waals surface area contributed by atoms with Crippen molar-refractivity contribution >= 4 is 33.2 Å². The summed E-state index contributed by atoms with van der Waals surface area (Å²) in [6, 6.07) is 13.8. The number of halogens is 2. The molecule has 0 aromatic heterocycles. The van der Waals surface area contributed by atoms with Crippen LogP contribution in [0.2, 0.25) is 5.02 Å². The van der Waals surface area contributed by atoms with Gasteiger partial charge in [-0.1, -0.05) is 35.9 Å². The number of hydrogen-bond donors (Lipinski definition) is 1. The fourth-order valence-electron chi connectivity index (χ4n) is 3.78. The summed E-state index contributed by atoms with van der Waals surface area (Å²) in [7, 11) is -0.282. The number of nitrogens with one attached hydrogen (secondary N) is 1. The van der Waals surface area contributed by atoms with Crippen LogP contribution in [-0.4, -0.2) is 58.0 Å². The van der Waals surface area contributed by atoms with Crippen molar-refractivity contribution in [2.45, 2.75) is 23.4 Å². The lowest BCUT2D eigenvalue weighted by Gasteiger charge is -2.35. The normalized spacial score (nSPS) is 16.2. The van der Waals surface area contributed by atoms with E-state index in [-0.39, 0.29) is 37.4 Å². The van der Waals surface area contributed by atoms with E-state index in [9.17, 15) is 13.2 Å². The Labute approximate surface area is 204 Å². The lowest BCUT2D eigenvalue weighted by atomic mass is 9.93. The fourth-order valence-corrected chi connectivity index (χ4v) is 5.65. The first-order chi connectivity index (χ1) is 16.1. The van der Waals surface area contributed by atoms with Gasteiger partial charge in [0.05, 0.1) is 11.0 Å². The van der Waals surface area contributed by atoms with Gasteiger partial charge in [-0.05, 0) is 24.3 Å². The zero-order chi connectivity index (χ0) is 24.9. The van der Waals surface area contributed by atoms with E-state index in [4.69, 9.17) is 16.9 Å². The highest BCUT2D eigenvalue weighted by Crippen LogP contribution is 2.38.